The first-order chi connectivity index (χ1) is 12.4. The maximum absolute atomic E-state index is 12.1. The zero-order valence-electron chi connectivity index (χ0n) is 14.3. The third-order valence-electron chi connectivity index (χ3n) is 3.84. The first-order valence-corrected chi connectivity index (χ1v) is 8.40. The molecule has 2 aromatic heterocycles. The molecule has 10 heteroatoms. The van der Waals surface area contributed by atoms with Gasteiger partial charge < -0.3 is 19.4 Å². The SMILES string of the molecule is COc1cc(N(C)Cc2nc3ccsc3c(=O)[nH]2)c([N+](=O)[O-])cc1OC. The van der Waals surface area contributed by atoms with Gasteiger partial charge in [0, 0.05) is 13.1 Å². The van der Waals surface area contributed by atoms with Crippen LogP contribution >= 0.6 is 11.3 Å². The second-order valence-corrected chi connectivity index (χ2v) is 6.37. The van der Waals surface area contributed by atoms with Crippen LogP contribution in [-0.2, 0) is 6.54 Å². The van der Waals surface area contributed by atoms with Crippen LogP contribution in [0, 0.1) is 10.1 Å². The molecule has 0 radical (unpaired) electrons. The van der Waals surface area contributed by atoms with Gasteiger partial charge in [-0.15, -0.1) is 11.3 Å². The van der Waals surface area contributed by atoms with Crippen LogP contribution in [0.2, 0.25) is 0 Å². The van der Waals surface area contributed by atoms with Gasteiger partial charge in [0.1, 0.15) is 16.2 Å². The molecule has 0 bridgehead atoms. The molecule has 0 amide bonds. The van der Waals surface area contributed by atoms with E-state index in [-0.39, 0.29) is 23.5 Å². The molecule has 136 valence electrons. The molecule has 1 aromatic carbocycles. The number of nitro groups is 1. The van der Waals surface area contributed by atoms with E-state index in [1.165, 1.54) is 37.7 Å². The standard InChI is InChI=1S/C16H16N4O5S/c1-19(8-14-17-9-4-5-26-15(9)16(21)18-14)10-6-12(24-2)13(25-3)7-11(10)20(22)23/h4-7H,8H2,1-3H3,(H,17,18,21). The second kappa shape index (κ2) is 7.00. The van der Waals surface area contributed by atoms with Crippen LogP contribution in [-0.4, -0.2) is 36.2 Å². The Labute approximate surface area is 152 Å². The predicted octanol–water partition coefficient (Wildman–Crippen LogP) is 2.55. The average molecular weight is 376 g/mol. The van der Waals surface area contributed by atoms with Crippen molar-refractivity contribution in [1.82, 2.24) is 9.97 Å². The van der Waals surface area contributed by atoms with E-state index < -0.39 is 4.92 Å². The van der Waals surface area contributed by atoms with Crippen molar-refractivity contribution in [3.63, 3.8) is 0 Å². The normalized spacial score (nSPS) is 10.7. The van der Waals surface area contributed by atoms with E-state index in [1.54, 1.807) is 23.4 Å². The molecule has 0 saturated heterocycles. The number of rotatable bonds is 6. The first-order valence-electron chi connectivity index (χ1n) is 7.52. The Hall–Kier alpha value is -3.14. The van der Waals surface area contributed by atoms with E-state index in [0.717, 1.165) is 0 Å². The van der Waals surface area contributed by atoms with Gasteiger partial charge in [-0.3, -0.25) is 14.9 Å². The van der Waals surface area contributed by atoms with Crippen molar-refractivity contribution in [3.05, 3.63) is 49.9 Å². The molecule has 0 aliphatic carbocycles. The Morgan fingerprint density at radius 1 is 1.31 bits per heavy atom. The van der Waals surface area contributed by atoms with Gasteiger partial charge in [-0.25, -0.2) is 4.98 Å². The van der Waals surface area contributed by atoms with Gasteiger partial charge in [-0.2, -0.15) is 0 Å². The zero-order chi connectivity index (χ0) is 18.8. The van der Waals surface area contributed by atoms with Gasteiger partial charge >= 0.3 is 0 Å². The molecule has 26 heavy (non-hydrogen) atoms. The Morgan fingerprint density at radius 3 is 2.65 bits per heavy atom. The molecular formula is C16H16N4O5S. The fourth-order valence-corrected chi connectivity index (χ4v) is 3.34. The van der Waals surface area contributed by atoms with Crippen LogP contribution in [0.15, 0.2) is 28.4 Å². The van der Waals surface area contributed by atoms with E-state index in [0.29, 0.717) is 27.5 Å². The number of anilines is 1. The second-order valence-electron chi connectivity index (χ2n) is 5.46. The number of aromatic nitrogens is 2. The fourth-order valence-electron chi connectivity index (χ4n) is 2.62. The van der Waals surface area contributed by atoms with E-state index >= 15 is 0 Å². The number of nitrogens with zero attached hydrogens (tertiary/aromatic N) is 3. The number of ether oxygens (including phenoxy) is 2. The maximum atomic E-state index is 12.1. The van der Waals surface area contributed by atoms with Gasteiger partial charge in [0.05, 0.1) is 37.3 Å². The summed E-state index contributed by atoms with van der Waals surface area (Å²) in [5.74, 6) is 1.05. The van der Waals surface area contributed by atoms with Crippen molar-refractivity contribution >= 4 is 32.9 Å². The summed E-state index contributed by atoms with van der Waals surface area (Å²) in [6.45, 7) is 0.178. The number of thiophene rings is 1. The molecule has 0 saturated carbocycles. The molecule has 9 nitrogen and oxygen atoms in total. The summed E-state index contributed by atoms with van der Waals surface area (Å²) in [6.07, 6.45) is 0. The van der Waals surface area contributed by atoms with E-state index in [2.05, 4.69) is 9.97 Å². The molecule has 0 spiro atoms. The van der Waals surface area contributed by atoms with Gasteiger partial charge in [-0.1, -0.05) is 0 Å². The van der Waals surface area contributed by atoms with E-state index in [9.17, 15) is 14.9 Å². The Balaban J connectivity index is 2.01. The van der Waals surface area contributed by atoms with Crippen molar-refractivity contribution in [2.75, 3.05) is 26.2 Å². The molecule has 1 N–H and O–H groups in total. The molecule has 0 fully saturated rings. The van der Waals surface area contributed by atoms with Crippen LogP contribution < -0.4 is 19.9 Å². The number of aromatic amines is 1. The molecule has 0 aliphatic heterocycles. The predicted molar refractivity (Wildman–Crippen MR) is 98.5 cm³/mol. The lowest BCUT2D eigenvalue weighted by Crippen LogP contribution is -2.22. The molecule has 2 heterocycles. The molecule has 3 aromatic rings. The smallest absolute Gasteiger partial charge is 0.296 e. The number of nitro benzene ring substituents is 1. The topological polar surface area (TPSA) is 111 Å². The molecular weight excluding hydrogens is 360 g/mol. The lowest BCUT2D eigenvalue weighted by molar-refractivity contribution is -0.384. The molecule has 3 rings (SSSR count). The largest absolute Gasteiger partial charge is 0.493 e. The summed E-state index contributed by atoms with van der Waals surface area (Å²) in [5, 5.41) is 13.2. The number of hydrogen-bond donors (Lipinski definition) is 1. The summed E-state index contributed by atoms with van der Waals surface area (Å²) in [7, 11) is 4.54. The lowest BCUT2D eigenvalue weighted by atomic mass is 10.2. The van der Waals surface area contributed by atoms with Crippen molar-refractivity contribution < 1.29 is 14.4 Å². The third kappa shape index (κ3) is 3.18. The minimum Gasteiger partial charge on any atom is -0.493 e. The maximum Gasteiger partial charge on any atom is 0.296 e. The summed E-state index contributed by atoms with van der Waals surface area (Å²) >= 11 is 1.31. The van der Waals surface area contributed by atoms with E-state index in [4.69, 9.17) is 9.47 Å². The van der Waals surface area contributed by atoms with Crippen LogP contribution in [0.5, 0.6) is 11.5 Å². The van der Waals surface area contributed by atoms with Gasteiger partial charge in [0.15, 0.2) is 11.5 Å². The van der Waals surface area contributed by atoms with Crippen molar-refractivity contribution in [2.24, 2.45) is 0 Å². The highest BCUT2D eigenvalue weighted by atomic mass is 32.1. The minimum absolute atomic E-state index is 0.135. The van der Waals surface area contributed by atoms with Gasteiger partial charge in [0.25, 0.3) is 11.2 Å². The average Bonchev–Trinajstić information content (AvgIpc) is 3.09. The highest BCUT2D eigenvalue weighted by molar-refractivity contribution is 7.17. The van der Waals surface area contributed by atoms with Gasteiger partial charge in [-0.05, 0) is 11.4 Å². The molecule has 0 aliphatic rings. The number of benzene rings is 1. The zero-order valence-corrected chi connectivity index (χ0v) is 15.1. The molecule has 0 atom stereocenters. The summed E-state index contributed by atoms with van der Waals surface area (Å²) in [4.78, 5) is 31.8. The number of fused-ring (bicyclic) bond motifs is 1. The summed E-state index contributed by atoms with van der Waals surface area (Å²) < 4.78 is 10.9. The van der Waals surface area contributed by atoms with Crippen LogP contribution in [0.4, 0.5) is 11.4 Å². The lowest BCUT2D eigenvalue weighted by Gasteiger charge is -2.20. The van der Waals surface area contributed by atoms with Crippen molar-refractivity contribution in [1.29, 1.82) is 0 Å². The van der Waals surface area contributed by atoms with Crippen molar-refractivity contribution in [3.8, 4) is 11.5 Å². The number of methoxy groups -OCH3 is 2. The quantitative estimate of drug-likeness (QED) is 0.520. The van der Waals surface area contributed by atoms with Crippen molar-refractivity contribution in [2.45, 2.75) is 6.54 Å². The number of hydrogen-bond acceptors (Lipinski definition) is 8. The Morgan fingerprint density at radius 2 is 2.00 bits per heavy atom. The highest BCUT2D eigenvalue weighted by Gasteiger charge is 2.23. The summed E-state index contributed by atoms with van der Waals surface area (Å²) in [5.41, 5.74) is 0.559. The molecule has 0 unspecified atom stereocenters. The van der Waals surface area contributed by atoms with E-state index in [1.807, 2.05) is 0 Å². The number of H-pyrrole nitrogens is 1. The Bertz CT molecular complexity index is 1030. The van der Waals surface area contributed by atoms with Crippen LogP contribution in [0.3, 0.4) is 0 Å². The number of nitrogens with one attached hydrogen (secondary N) is 1. The highest BCUT2D eigenvalue weighted by Crippen LogP contribution is 2.39. The fraction of sp³-hybridized carbons (Fsp3) is 0.250. The minimum atomic E-state index is -0.494. The monoisotopic (exact) mass is 376 g/mol. The van der Waals surface area contributed by atoms with Gasteiger partial charge in [0.2, 0.25) is 0 Å². The summed E-state index contributed by atoms with van der Waals surface area (Å²) in [6, 6.07) is 4.60. The third-order valence-corrected chi connectivity index (χ3v) is 4.74. The van der Waals surface area contributed by atoms with Crippen LogP contribution in [0.25, 0.3) is 10.2 Å². The first kappa shape index (κ1) is 17.7. The Kier molecular flexibility index (Phi) is 4.76. The van der Waals surface area contributed by atoms with Crippen LogP contribution in [0.1, 0.15) is 5.82 Å².